The van der Waals surface area contributed by atoms with Crippen LogP contribution in [-0.2, 0) is 28.6 Å². The van der Waals surface area contributed by atoms with Crippen molar-refractivity contribution in [3.05, 3.63) is 0 Å². The van der Waals surface area contributed by atoms with Crippen LogP contribution in [0.5, 0.6) is 0 Å². The van der Waals surface area contributed by atoms with E-state index in [0.29, 0.717) is 0 Å². The number of halogens is 3. The van der Waals surface area contributed by atoms with Crippen molar-refractivity contribution in [3.63, 3.8) is 0 Å². The Hall–Kier alpha value is -1.76. The molecule has 0 saturated carbocycles. The van der Waals surface area contributed by atoms with Crippen molar-refractivity contribution in [2.24, 2.45) is 5.92 Å². The highest BCUT2D eigenvalue weighted by Gasteiger charge is 2.84. The highest BCUT2D eigenvalue weighted by Crippen LogP contribution is 2.58. The number of hydrogen-bond acceptors (Lipinski definition) is 8. The van der Waals surface area contributed by atoms with Crippen LogP contribution >= 0.6 is 0 Å². The number of rotatable bonds is 0. The van der Waals surface area contributed by atoms with E-state index in [1.165, 1.54) is 6.92 Å². The zero-order valence-corrected chi connectivity index (χ0v) is 16.6. The molecule has 4 fully saturated rings. The summed E-state index contributed by atoms with van der Waals surface area (Å²) < 4.78 is 55.3. The molecule has 0 bridgehead atoms. The molecule has 4 rings (SSSR count). The average Bonchev–Trinajstić information content (AvgIpc) is 3.06. The van der Waals surface area contributed by atoms with Crippen molar-refractivity contribution in [1.82, 2.24) is 0 Å². The van der Waals surface area contributed by atoms with Crippen LogP contribution in [0, 0.1) is 5.92 Å². The van der Waals surface area contributed by atoms with Crippen LogP contribution in [0.25, 0.3) is 0 Å². The van der Waals surface area contributed by atoms with E-state index in [-0.39, 0.29) is 19.5 Å². The molecule has 4 saturated heterocycles. The molecule has 0 aromatic rings. The molecule has 4 aliphatic heterocycles. The number of amides is 1. The largest absolute Gasteiger partial charge is 0.509 e. The second-order valence-corrected chi connectivity index (χ2v) is 9.03. The van der Waals surface area contributed by atoms with Gasteiger partial charge in [-0.05, 0) is 20.8 Å². The third-order valence-corrected chi connectivity index (χ3v) is 7.46. The topological polar surface area (TPSA) is 123 Å². The van der Waals surface area contributed by atoms with E-state index in [1.807, 2.05) is 0 Å². The lowest BCUT2D eigenvalue weighted by molar-refractivity contribution is -0.869. The summed E-state index contributed by atoms with van der Waals surface area (Å²) in [5.74, 6) is -5.67. The van der Waals surface area contributed by atoms with Gasteiger partial charge in [0.15, 0.2) is 23.3 Å². The molecule has 4 aliphatic rings. The minimum absolute atomic E-state index is 0.0325. The molecule has 9 nitrogen and oxygen atoms in total. The molecule has 8 atom stereocenters. The number of cyclic esters (lactones) is 1. The molecule has 12 heteroatoms. The molecule has 1 spiro atoms. The summed E-state index contributed by atoms with van der Waals surface area (Å²) >= 11 is 0. The molecule has 0 radical (unpaired) electrons. The number of epoxide rings is 1. The van der Waals surface area contributed by atoms with Gasteiger partial charge in [0.1, 0.15) is 24.9 Å². The lowest BCUT2D eigenvalue weighted by atomic mass is 9.76. The quantitative estimate of drug-likeness (QED) is 0.293. The summed E-state index contributed by atoms with van der Waals surface area (Å²) in [6.07, 6.45) is -7.06. The van der Waals surface area contributed by atoms with Gasteiger partial charge in [0.25, 0.3) is 0 Å². The van der Waals surface area contributed by atoms with Crippen LogP contribution in [0.1, 0.15) is 27.2 Å². The standard InChI is InChI=1S/C18H23F3NO8/c1-8-12(23)29-9-4-5-22(13(24)18(19,20)21)6-10-17(30-10,11(9)22)7-28-14(25)16(3,27)15(8,2)26/h8-11,26-27H,4-7H2,1-3H3/q+1. The van der Waals surface area contributed by atoms with Crippen molar-refractivity contribution in [1.29, 1.82) is 0 Å². The van der Waals surface area contributed by atoms with Gasteiger partial charge in [-0.15, -0.1) is 0 Å². The minimum atomic E-state index is -5.11. The van der Waals surface area contributed by atoms with Crippen LogP contribution in [0.4, 0.5) is 13.2 Å². The number of carbonyl (C=O) groups is 3. The van der Waals surface area contributed by atoms with Crippen LogP contribution in [0.15, 0.2) is 0 Å². The van der Waals surface area contributed by atoms with E-state index in [2.05, 4.69) is 0 Å². The van der Waals surface area contributed by atoms with E-state index in [9.17, 15) is 37.8 Å². The van der Waals surface area contributed by atoms with E-state index in [1.54, 1.807) is 0 Å². The Labute approximate surface area is 169 Å². The number of carbonyl (C=O) groups excluding carboxylic acids is 3. The molecule has 8 unspecified atom stereocenters. The molecule has 2 N–H and O–H groups in total. The van der Waals surface area contributed by atoms with E-state index >= 15 is 0 Å². The summed E-state index contributed by atoms with van der Waals surface area (Å²) in [7, 11) is 0. The Morgan fingerprint density at radius 1 is 1.23 bits per heavy atom. The Morgan fingerprint density at radius 2 is 1.87 bits per heavy atom. The van der Waals surface area contributed by atoms with E-state index < -0.39 is 76.1 Å². The average molecular weight is 438 g/mol. The first-order valence-corrected chi connectivity index (χ1v) is 9.60. The molecule has 30 heavy (non-hydrogen) atoms. The molecule has 4 heterocycles. The van der Waals surface area contributed by atoms with Crippen molar-refractivity contribution < 1.29 is 56.5 Å². The lowest BCUT2D eigenvalue weighted by Gasteiger charge is -2.39. The first kappa shape index (κ1) is 21.5. The Kier molecular flexibility index (Phi) is 4.24. The van der Waals surface area contributed by atoms with Crippen molar-refractivity contribution in [2.45, 2.75) is 68.4 Å². The predicted octanol–water partition coefficient (Wildman–Crippen LogP) is -0.578. The smallest absolute Gasteiger partial charge is 0.460 e. The first-order chi connectivity index (χ1) is 13.6. The molecule has 0 aliphatic carbocycles. The first-order valence-electron chi connectivity index (χ1n) is 9.60. The number of morpholine rings is 1. The Morgan fingerprint density at radius 3 is 2.47 bits per heavy atom. The second kappa shape index (κ2) is 5.93. The number of alkyl halides is 3. The molecular formula is C18H23F3NO8+. The number of esters is 2. The highest BCUT2D eigenvalue weighted by atomic mass is 19.4. The van der Waals surface area contributed by atoms with Gasteiger partial charge in [0.2, 0.25) is 0 Å². The fourth-order valence-electron chi connectivity index (χ4n) is 5.22. The Bertz CT molecular complexity index is 827. The number of aliphatic hydroxyl groups is 2. The minimum Gasteiger partial charge on any atom is -0.460 e. The van der Waals surface area contributed by atoms with Crippen LogP contribution < -0.4 is 0 Å². The maximum absolute atomic E-state index is 13.4. The third-order valence-electron chi connectivity index (χ3n) is 7.46. The summed E-state index contributed by atoms with van der Waals surface area (Å²) in [6, 6.07) is -1.21. The molecular weight excluding hydrogens is 415 g/mol. The normalized spacial score (nSPS) is 50.7. The van der Waals surface area contributed by atoms with Gasteiger partial charge in [0, 0.05) is 6.42 Å². The van der Waals surface area contributed by atoms with Gasteiger partial charge in [-0.3, -0.25) is 4.79 Å². The van der Waals surface area contributed by atoms with Crippen molar-refractivity contribution in [3.8, 4) is 0 Å². The SMILES string of the molecule is CC1C(=O)OC2CC[N+]3(C(=O)C(F)(F)F)CC4OC4(COC(=O)C(C)(O)C1(C)O)C23. The molecule has 1 amide bonds. The second-order valence-electron chi connectivity index (χ2n) is 9.03. The Balaban J connectivity index is 1.77. The van der Waals surface area contributed by atoms with E-state index in [0.717, 1.165) is 13.8 Å². The number of nitrogens with zero attached hydrogens (tertiary/aromatic N) is 1. The maximum Gasteiger partial charge on any atom is 0.509 e. The van der Waals surface area contributed by atoms with Gasteiger partial charge in [-0.1, -0.05) is 0 Å². The van der Waals surface area contributed by atoms with Gasteiger partial charge in [0.05, 0.1) is 12.5 Å². The van der Waals surface area contributed by atoms with Gasteiger partial charge in [-0.2, -0.15) is 13.2 Å². The maximum atomic E-state index is 13.4. The summed E-state index contributed by atoms with van der Waals surface area (Å²) in [5.41, 5.74) is -6.25. The molecule has 0 aromatic heterocycles. The monoisotopic (exact) mass is 438 g/mol. The van der Waals surface area contributed by atoms with Gasteiger partial charge >= 0.3 is 24.0 Å². The fourth-order valence-corrected chi connectivity index (χ4v) is 5.22. The number of quaternary nitrogens is 1. The summed E-state index contributed by atoms with van der Waals surface area (Å²) in [5, 5.41) is 21.3. The van der Waals surface area contributed by atoms with Crippen LogP contribution in [-0.4, -0.2) is 93.5 Å². The van der Waals surface area contributed by atoms with Crippen molar-refractivity contribution >= 4 is 17.8 Å². The molecule has 168 valence electrons. The predicted molar refractivity (Wildman–Crippen MR) is 88.3 cm³/mol. The number of ether oxygens (including phenoxy) is 3. The van der Waals surface area contributed by atoms with Gasteiger partial charge < -0.3 is 24.4 Å². The van der Waals surface area contributed by atoms with E-state index in [4.69, 9.17) is 14.2 Å². The zero-order valence-electron chi connectivity index (χ0n) is 16.6. The fraction of sp³-hybridized carbons (Fsp3) is 0.833. The third kappa shape index (κ3) is 2.53. The van der Waals surface area contributed by atoms with Crippen LogP contribution in [0.3, 0.4) is 0 Å². The van der Waals surface area contributed by atoms with Gasteiger partial charge in [-0.25, -0.2) is 14.1 Å². The highest BCUT2D eigenvalue weighted by molar-refractivity contribution is 5.83. The summed E-state index contributed by atoms with van der Waals surface area (Å²) in [4.78, 5) is 37.6. The van der Waals surface area contributed by atoms with Crippen molar-refractivity contribution in [2.75, 3.05) is 19.7 Å². The lowest BCUT2D eigenvalue weighted by Crippen LogP contribution is -2.64. The summed E-state index contributed by atoms with van der Waals surface area (Å²) in [6.45, 7) is 2.23. The number of hydrogen-bond donors (Lipinski definition) is 2. The molecule has 0 aromatic carbocycles. The zero-order chi connectivity index (χ0) is 22.5. The van der Waals surface area contributed by atoms with Crippen LogP contribution in [0.2, 0.25) is 0 Å².